The van der Waals surface area contributed by atoms with Crippen molar-refractivity contribution in [2.24, 2.45) is 0 Å². The van der Waals surface area contributed by atoms with Crippen LogP contribution in [0, 0.1) is 0 Å². The number of hydrogen-bond donors (Lipinski definition) is 4. The van der Waals surface area contributed by atoms with Gasteiger partial charge in [-0.1, -0.05) is 0 Å². The summed E-state index contributed by atoms with van der Waals surface area (Å²) < 4.78 is 0. The van der Waals surface area contributed by atoms with Gasteiger partial charge < -0.3 is 20.8 Å². The van der Waals surface area contributed by atoms with Crippen molar-refractivity contribution < 1.29 is 15.0 Å². The van der Waals surface area contributed by atoms with E-state index in [2.05, 4.69) is 10.6 Å². The third-order valence-electron chi connectivity index (χ3n) is 2.34. The maximum absolute atomic E-state index is 11.6. The van der Waals surface area contributed by atoms with Crippen LogP contribution in [0.2, 0.25) is 0 Å². The van der Waals surface area contributed by atoms with Gasteiger partial charge in [0.05, 0.1) is 11.6 Å². The molecule has 0 aliphatic carbocycles. The van der Waals surface area contributed by atoms with Crippen LogP contribution in [-0.4, -0.2) is 35.3 Å². The number of carbonyl (C=O) groups excluding carboxylic acids is 1. The lowest BCUT2D eigenvalue weighted by Gasteiger charge is -2.28. The van der Waals surface area contributed by atoms with E-state index in [4.69, 9.17) is 5.11 Å². The Morgan fingerprint density at radius 1 is 1.40 bits per heavy atom. The predicted octanol–water partition coefficient (Wildman–Crippen LogP) is -0.201. The summed E-state index contributed by atoms with van der Waals surface area (Å²) in [6, 6.07) is 4.04. The molecule has 2 rings (SSSR count). The molecule has 5 heteroatoms. The quantitative estimate of drug-likeness (QED) is 0.542. The van der Waals surface area contributed by atoms with Gasteiger partial charge in [0.1, 0.15) is 11.5 Å². The smallest absolute Gasteiger partial charge is 0.255 e. The van der Waals surface area contributed by atoms with Crippen molar-refractivity contribution in [2.75, 3.05) is 13.1 Å². The Balaban J connectivity index is 2.10. The van der Waals surface area contributed by atoms with Crippen molar-refractivity contribution in [1.29, 1.82) is 0 Å². The highest BCUT2D eigenvalue weighted by Crippen LogP contribution is 2.22. The normalized spacial score (nSPS) is 15.7. The van der Waals surface area contributed by atoms with Crippen LogP contribution in [0.3, 0.4) is 0 Å². The fourth-order valence-corrected chi connectivity index (χ4v) is 1.37. The molecule has 0 radical (unpaired) electrons. The van der Waals surface area contributed by atoms with Gasteiger partial charge in [0.25, 0.3) is 5.91 Å². The number of amides is 1. The molecule has 1 aliphatic rings. The Labute approximate surface area is 86.7 Å². The van der Waals surface area contributed by atoms with Crippen LogP contribution in [0.1, 0.15) is 10.4 Å². The van der Waals surface area contributed by atoms with Crippen molar-refractivity contribution >= 4 is 5.91 Å². The molecule has 1 amide bonds. The Hall–Kier alpha value is -1.75. The summed E-state index contributed by atoms with van der Waals surface area (Å²) in [6.45, 7) is 1.51. The van der Waals surface area contributed by atoms with Gasteiger partial charge in [0, 0.05) is 19.2 Å². The van der Waals surface area contributed by atoms with E-state index in [0.717, 1.165) is 19.2 Å². The maximum Gasteiger partial charge on any atom is 0.255 e. The molecule has 1 aromatic carbocycles. The van der Waals surface area contributed by atoms with E-state index in [1.807, 2.05) is 0 Å². The SMILES string of the molecule is O=C(NC1CNC1)c1ccc(O)cc1O. The first-order valence-electron chi connectivity index (χ1n) is 4.70. The number of nitrogens with one attached hydrogen (secondary N) is 2. The summed E-state index contributed by atoms with van der Waals surface area (Å²) in [5, 5.41) is 24.3. The highest BCUT2D eigenvalue weighted by molar-refractivity contribution is 5.97. The van der Waals surface area contributed by atoms with E-state index in [9.17, 15) is 9.90 Å². The van der Waals surface area contributed by atoms with Gasteiger partial charge in [-0.2, -0.15) is 0 Å². The Kier molecular flexibility index (Phi) is 2.47. The molecule has 1 heterocycles. The van der Waals surface area contributed by atoms with Crippen LogP contribution in [-0.2, 0) is 0 Å². The molecule has 1 aliphatic heterocycles. The second-order valence-electron chi connectivity index (χ2n) is 3.53. The lowest BCUT2D eigenvalue weighted by molar-refractivity contribution is 0.0921. The number of rotatable bonds is 2. The van der Waals surface area contributed by atoms with Crippen molar-refractivity contribution in [3.63, 3.8) is 0 Å². The molecule has 80 valence electrons. The number of phenols is 2. The lowest BCUT2D eigenvalue weighted by Crippen LogP contribution is -2.56. The number of benzene rings is 1. The van der Waals surface area contributed by atoms with E-state index < -0.39 is 0 Å². The summed E-state index contributed by atoms with van der Waals surface area (Å²) in [7, 11) is 0. The second kappa shape index (κ2) is 3.78. The van der Waals surface area contributed by atoms with Crippen molar-refractivity contribution in [3.8, 4) is 11.5 Å². The third-order valence-corrected chi connectivity index (χ3v) is 2.34. The van der Waals surface area contributed by atoms with Crippen LogP contribution in [0.15, 0.2) is 18.2 Å². The predicted molar refractivity (Wildman–Crippen MR) is 53.9 cm³/mol. The van der Waals surface area contributed by atoms with Gasteiger partial charge in [-0.3, -0.25) is 4.79 Å². The minimum atomic E-state index is -0.320. The standard InChI is InChI=1S/C10H12N2O3/c13-7-1-2-8(9(14)3-7)10(15)12-6-4-11-5-6/h1-3,6,11,13-14H,4-5H2,(H,12,15). The molecule has 15 heavy (non-hydrogen) atoms. The Morgan fingerprint density at radius 3 is 2.67 bits per heavy atom. The topological polar surface area (TPSA) is 81.6 Å². The molecule has 1 aromatic rings. The molecule has 0 unspecified atom stereocenters. The van der Waals surface area contributed by atoms with Crippen molar-refractivity contribution in [2.45, 2.75) is 6.04 Å². The van der Waals surface area contributed by atoms with E-state index in [1.54, 1.807) is 0 Å². The monoisotopic (exact) mass is 208 g/mol. The zero-order valence-corrected chi connectivity index (χ0v) is 8.03. The van der Waals surface area contributed by atoms with Crippen molar-refractivity contribution in [1.82, 2.24) is 10.6 Å². The molecule has 1 fully saturated rings. The zero-order chi connectivity index (χ0) is 10.8. The number of carbonyl (C=O) groups is 1. The maximum atomic E-state index is 11.6. The van der Waals surface area contributed by atoms with Crippen LogP contribution in [0.5, 0.6) is 11.5 Å². The first-order valence-corrected chi connectivity index (χ1v) is 4.70. The molecule has 0 saturated carbocycles. The largest absolute Gasteiger partial charge is 0.508 e. The Morgan fingerprint density at radius 2 is 2.13 bits per heavy atom. The van der Waals surface area contributed by atoms with Gasteiger partial charge in [-0.05, 0) is 12.1 Å². The number of phenolic OH excluding ortho intramolecular Hbond substituents is 2. The molecule has 0 spiro atoms. The van der Waals surface area contributed by atoms with Crippen LogP contribution < -0.4 is 10.6 Å². The molecule has 0 atom stereocenters. The van der Waals surface area contributed by atoms with Crippen LogP contribution in [0.4, 0.5) is 0 Å². The molecule has 0 bridgehead atoms. The van der Waals surface area contributed by atoms with Crippen molar-refractivity contribution in [3.05, 3.63) is 23.8 Å². The highest BCUT2D eigenvalue weighted by Gasteiger charge is 2.20. The van der Waals surface area contributed by atoms with E-state index in [-0.39, 0.29) is 29.0 Å². The summed E-state index contributed by atoms with van der Waals surface area (Å²) in [6.07, 6.45) is 0. The summed E-state index contributed by atoms with van der Waals surface area (Å²) in [5.74, 6) is -0.590. The van der Waals surface area contributed by atoms with Crippen LogP contribution in [0.25, 0.3) is 0 Å². The zero-order valence-electron chi connectivity index (χ0n) is 8.03. The minimum Gasteiger partial charge on any atom is -0.508 e. The van der Waals surface area contributed by atoms with Gasteiger partial charge >= 0.3 is 0 Å². The highest BCUT2D eigenvalue weighted by atomic mass is 16.3. The van der Waals surface area contributed by atoms with Gasteiger partial charge in [-0.25, -0.2) is 0 Å². The third kappa shape index (κ3) is 2.02. The fourth-order valence-electron chi connectivity index (χ4n) is 1.37. The average molecular weight is 208 g/mol. The number of hydrogen-bond acceptors (Lipinski definition) is 4. The molecular formula is C10H12N2O3. The first-order chi connectivity index (χ1) is 7.16. The lowest BCUT2D eigenvalue weighted by atomic mass is 10.1. The molecular weight excluding hydrogens is 196 g/mol. The summed E-state index contributed by atoms with van der Waals surface area (Å²) in [5.41, 5.74) is 0.180. The molecule has 0 aromatic heterocycles. The second-order valence-corrected chi connectivity index (χ2v) is 3.53. The molecule has 4 N–H and O–H groups in total. The van der Waals surface area contributed by atoms with Crippen LogP contribution >= 0.6 is 0 Å². The van der Waals surface area contributed by atoms with Gasteiger partial charge in [-0.15, -0.1) is 0 Å². The first kappa shape index (κ1) is 9.79. The molecule has 5 nitrogen and oxygen atoms in total. The van der Waals surface area contributed by atoms with E-state index in [0.29, 0.717) is 0 Å². The van der Waals surface area contributed by atoms with Gasteiger partial charge in [0.15, 0.2) is 0 Å². The summed E-state index contributed by atoms with van der Waals surface area (Å²) in [4.78, 5) is 11.6. The van der Waals surface area contributed by atoms with E-state index in [1.165, 1.54) is 12.1 Å². The average Bonchev–Trinajstić information content (AvgIpc) is 2.11. The summed E-state index contributed by atoms with van der Waals surface area (Å²) >= 11 is 0. The number of aromatic hydroxyl groups is 2. The Bertz CT molecular complexity index is 388. The van der Waals surface area contributed by atoms with Gasteiger partial charge in [0.2, 0.25) is 0 Å². The minimum absolute atomic E-state index is 0.0608. The van der Waals surface area contributed by atoms with E-state index >= 15 is 0 Å². The fraction of sp³-hybridized carbons (Fsp3) is 0.300. The molecule has 1 saturated heterocycles.